The van der Waals surface area contributed by atoms with E-state index in [4.69, 9.17) is 5.11 Å². The Labute approximate surface area is 86.2 Å². The summed E-state index contributed by atoms with van der Waals surface area (Å²) in [4.78, 5) is 13.5. The van der Waals surface area contributed by atoms with Gasteiger partial charge in [0.1, 0.15) is 5.69 Å². The summed E-state index contributed by atoms with van der Waals surface area (Å²) >= 11 is 0. The molecule has 15 heavy (non-hydrogen) atoms. The third kappa shape index (κ3) is 1.59. The zero-order chi connectivity index (χ0) is 11.0. The second-order valence-corrected chi connectivity index (χ2v) is 3.47. The van der Waals surface area contributed by atoms with Gasteiger partial charge in [-0.3, -0.25) is 0 Å². The van der Waals surface area contributed by atoms with Gasteiger partial charge in [0.25, 0.3) is 0 Å². The molecular weight excluding hydrogens is 194 g/mol. The van der Waals surface area contributed by atoms with Crippen LogP contribution in [-0.4, -0.2) is 21.2 Å². The van der Waals surface area contributed by atoms with E-state index in [9.17, 15) is 9.90 Å². The zero-order valence-electron chi connectivity index (χ0n) is 8.19. The monoisotopic (exact) mass is 205 g/mol. The van der Waals surface area contributed by atoms with Gasteiger partial charge in [0.15, 0.2) is 0 Å². The molecule has 0 aliphatic carbocycles. The van der Waals surface area contributed by atoms with Crippen molar-refractivity contribution in [1.29, 1.82) is 0 Å². The molecule has 4 nitrogen and oxygen atoms in total. The first kappa shape index (κ1) is 9.73. The summed E-state index contributed by atoms with van der Waals surface area (Å²) in [5.74, 6) is -0.997. The number of hydrogen-bond donors (Lipinski definition) is 3. The summed E-state index contributed by atoms with van der Waals surface area (Å²) in [7, 11) is 0. The van der Waals surface area contributed by atoms with Crippen LogP contribution in [0.3, 0.4) is 0 Å². The maximum Gasteiger partial charge on any atom is 0.352 e. The SMILES string of the molecule is CC(O)c1cccc2[nH]c(C(=O)O)cc12. The number of benzene rings is 1. The van der Waals surface area contributed by atoms with E-state index in [-0.39, 0.29) is 5.69 Å². The molecule has 0 fully saturated rings. The lowest BCUT2D eigenvalue weighted by molar-refractivity contribution is 0.0691. The minimum Gasteiger partial charge on any atom is -0.477 e. The molecule has 0 saturated carbocycles. The highest BCUT2D eigenvalue weighted by atomic mass is 16.4. The van der Waals surface area contributed by atoms with Gasteiger partial charge < -0.3 is 15.2 Å². The molecule has 3 N–H and O–H groups in total. The fraction of sp³-hybridized carbons (Fsp3) is 0.182. The fourth-order valence-electron chi connectivity index (χ4n) is 1.66. The van der Waals surface area contributed by atoms with Crippen molar-refractivity contribution in [3.8, 4) is 0 Å². The Morgan fingerprint density at radius 2 is 2.20 bits per heavy atom. The van der Waals surface area contributed by atoms with Crippen LogP contribution in [0.15, 0.2) is 24.3 Å². The van der Waals surface area contributed by atoms with Gasteiger partial charge in [0, 0.05) is 10.9 Å². The standard InChI is InChI=1S/C11H11NO3/c1-6(13)7-3-2-4-9-8(7)5-10(12-9)11(14)15/h2-6,12-13H,1H3,(H,14,15). The number of aliphatic hydroxyl groups excluding tert-OH is 1. The quantitative estimate of drug-likeness (QED) is 0.701. The normalized spacial score (nSPS) is 12.9. The van der Waals surface area contributed by atoms with Crippen LogP contribution in [-0.2, 0) is 0 Å². The second-order valence-electron chi connectivity index (χ2n) is 3.47. The molecule has 78 valence electrons. The molecule has 2 aromatic rings. The van der Waals surface area contributed by atoms with Crippen LogP contribution in [0.2, 0.25) is 0 Å². The van der Waals surface area contributed by atoms with E-state index in [0.29, 0.717) is 0 Å². The number of aromatic nitrogens is 1. The van der Waals surface area contributed by atoms with Crippen molar-refractivity contribution in [2.45, 2.75) is 13.0 Å². The first-order valence-electron chi connectivity index (χ1n) is 4.62. The van der Waals surface area contributed by atoms with Crippen LogP contribution in [0.4, 0.5) is 0 Å². The van der Waals surface area contributed by atoms with E-state index in [1.165, 1.54) is 0 Å². The number of carbonyl (C=O) groups is 1. The number of carboxylic acids is 1. The van der Waals surface area contributed by atoms with Crippen molar-refractivity contribution in [2.75, 3.05) is 0 Å². The predicted octanol–water partition coefficient (Wildman–Crippen LogP) is 1.92. The Kier molecular flexibility index (Phi) is 2.21. The van der Waals surface area contributed by atoms with Gasteiger partial charge in [0.05, 0.1) is 6.10 Å². The Morgan fingerprint density at radius 1 is 1.47 bits per heavy atom. The molecule has 0 bridgehead atoms. The number of aromatic carboxylic acids is 1. The molecule has 0 radical (unpaired) electrons. The third-order valence-corrected chi connectivity index (χ3v) is 2.38. The molecule has 1 heterocycles. The number of hydrogen-bond acceptors (Lipinski definition) is 2. The van der Waals surface area contributed by atoms with E-state index in [0.717, 1.165) is 16.5 Å². The first-order chi connectivity index (χ1) is 7.09. The van der Waals surface area contributed by atoms with Crippen LogP contribution in [0.5, 0.6) is 0 Å². The lowest BCUT2D eigenvalue weighted by atomic mass is 10.1. The topological polar surface area (TPSA) is 73.3 Å². The molecule has 0 aliphatic rings. The van der Waals surface area contributed by atoms with Gasteiger partial charge in [-0.1, -0.05) is 12.1 Å². The third-order valence-electron chi connectivity index (χ3n) is 2.38. The Balaban J connectivity index is 2.69. The molecule has 2 rings (SSSR count). The molecule has 0 aliphatic heterocycles. The Morgan fingerprint density at radius 3 is 2.80 bits per heavy atom. The molecule has 1 aromatic heterocycles. The van der Waals surface area contributed by atoms with E-state index in [1.807, 2.05) is 0 Å². The minimum absolute atomic E-state index is 0.137. The van der Waals surface area contributed by atoms with Gasteiger partial charge >= 0.3 is 5.97 Å². The Bertz CT molecular complexity index is 514. The highest BCUT2D eigenvalue weighted by molar-refractivity contribution is 5.95. The molecule has 1 aromatic carbocycles. The summed E-state index contributed by atoms with van der Waals surface area (Å²) in [5, 5.41) is 19.1. The highest BCUT2D eigenvalue weighted by Crippen LogP contribution is 2.24. The summed E-state index contributed by atoms with van der Waals surface area (Å²) in [6, 6.07) is 6.90. The summed E-state index contributed by atoms with van der Waals surface area (Å²) < 4.78 is 0. The summed E-state index contributed by atoms with van der Waals surface area (Å²) in [6.45, 7) is 1.65. The molecule has 0 saturated heterocycles. The number of aliphatic hydroxyl groups is 1. The lowest BCUT2D eigenvalue weighted by Crippen LogP contribution is -1.94. The van der Waals surface area contributed by atoms with Crippen molar-refractivity contribution < 1.29 is 15.0 Å². The summed E-state index contributed by atoms with van der Waals surface area (Å²) in [6.07, 6.45) is -0.605. The van der Waals surface area contributed by atoms with Gasteiger partial charge in [-0.25, -0.2) is 4.79 Å². The maximum atomic E-state index is 10.8. The largest absolute Gasteiger partial charge is 0.477 e. The molecular formula is C11H11NO3. The van der Waals surface area contributed by atoms with Crippen molar-refractivity contribution in [1.82, 2.24) is 4.98 Å². The molecule has 0 spiro atoms. The van der Waals surface area contributed by atoms with Gasteiger partial charge in [-0.05, 0) is 24.6 Å². The number of rotatable bonds is 2. The van der Waals surface area contributed by atoms with Gasteiger partial charge in [-0.15, -0.1) is 0 Å². The molecule has 1 unspecified atom stereocenters. The van der Waals surface area contributed by atoms with Crippen molar-refractivity contribution in [3.63, 3.8) is 0 Å². The van der Waals surface area contributed by atoms with E-state index in [1.54, 1.807) is 31.2 Å². The van der Waals surface area contributed by atoms with Crippen molar-refractivity contribution in [3.05, 3.63) is 35.5 Å². The van der Waals surface area contributed by atoms with Gasteiger partial charge in [0.2, 0.25) is 0 Å². The van der Waals surface area contributed by atoms with Crippen LogP contribution in [0.1, 0.15) is 29.1 Å². The van der Waals surface area contributed by atoms with Crippen LogP contribution < -0.4 is 0 Å². The fourth-order valence-corrected chi connectivity index (χ4v) is 1.66. The molecule has 0 amide bonds. The number of aromatic amines is 1. The minimum atomic E-state index is -0.997. The van der Waals surface area contributed by atoms with Gasteiger partial charge in [-0.2, -0.15) is 0 Å². The number of nitrogens with one attached hydrogen (secondary N) is 1. The Hall–Kier alpha value is -1.81. The van der Waals surface area contributed by atoms with Crippen LogP contribution in [0, 0.1) is 0 Å². The maximum absolute atomic E-state index is 10.8. The summed E-state index contributed by atoms with van der Waals surface area (Å²) in [5.41, 5.74) is 1.60. The number of fused-ring (bicyclic) bond motifs is 1. The highest BCUT2D eigenvalue weighted by Gasteiger charge is 2.11. The predicted molar refractivity (Wildman–Crippen MR) is 55.9 cm³/mol. The zero-order valence-corrected chi connectivity index (χ0v) is 8.19. The molecule has 4 heteroatoms. The smallest absolute Gasteiger partial charge is 0.352 e. The average Bonchev–Trinajstić information content (AvgIpc) is 2.60. The number of carboxylic acid groups (broad SMARTS) is 1. The van der Waals surface area contributed by atoms with Crippen LogP contribution >= 0.6 is 0 Å². The van der Waals surface area contributed by atoms with E-state index >= 15 is 0 Å². The second kappa shape index (κ2) is 3.40. The average molecular weight is 205 g/mol. The number of H-pyrrole nitrogens is 1. The first-order valence-corrected chi connectivity index (χ1v) is 4.62. The van der Waals surface area contributed by atoms with Crippen LogP contribution in [0.25, 0.3) is 10.9 Å². The van der Waals surface area contributed by atoms with Crippen molar-refractivity contribution >= 4 is 16.9 Å². The van der Waals surface area contributed by atoms with E-state index < -0.39 is 12.1 Å². The lowest BCUT2D eigenvalue weighted by Gasteiger charge is -2.04. The van der Waals surface area contributed by atoms with Crippen molar-refractivity contribution in [2.24, 2.45) is 0 Å². The molecule has 1 atom stereocenters. The van der Waals surface area contributed by atoms with E-state index in [2.05, 4.69) is 4.98 Å².